The SMILES string of the molecule is CCC[C@H](C)NC(=O)COC(=O)c1cccc([N+](=O)[O-])c1. The van der Waals surface area contributed by atoms with Gasteiger partial charge in [-0.1, -0.05) is 19.4 Å². The second-order valence-corrected chi connectivity index (χ2v) is 4.64. The fourth-order valence-corrected chi connectivity index (χ4v) is 1.78. The molecule has 0 saturated carbocycles. The van der Waals surface area contributed by atoms with Gasteiger partial charge in [-0.25, -0.2) is 4.79 Å². The molecule has 0 fully saturated rings. The van der Waals surface area contributed by atoms with Crippen LogP contribution in [-0.4, -0.2) is 29.4 Å². The number of carbonyl (C=O) groups is 2. The largest absolute Gasteiger partial charge is 0.452 e. The molecular weight excluding hydrogens is 276 g/mol. The van der Waals surface area contributed by atoms with E-state index in [1.807, 2.05) is 13.8 Å². The molecule has 0 aliphatic carbocycles. The number of nitro benzene ring substituents is 1. The van der Waals surface area contributed by atoms with E-state index in [9.17, 15) is 19.7 Å². The molecule has 0 unspecified atom stereocenters. The zero-order valence-electron chi connectivity index (χ0n) is 12.0. The number of amides is 1. The van der Waals surface area contributed by atoms with Crippen molar-refractivity contribution in [1.29, 1.82) is 0 Å². The van der Waals surface area contributed by atoms with Gasteiger partial charge in [0, 0.05) is 18.2 Å². The Kier molecular flexibility index (Phi) is 6.32. The van der Waals surface area contributed by atoms with Gasteiger partial charge in [-0.05, 0) is 19.4 Å². The minimum Gasteiger partial charge on any atom is -0.452 e. The third kappa shape index (κ3) is 5.60. The van der Waals surface area contributed by atoms with Crippen LogP contribution in [0.5, 0.6) is 0 Å². The van der Waals surface area contributed by atoms with E-state index in [-0.39, 0.29) is 17.3 Å². The molecular formula is C14H18N2O5. The quantitative estimate of drug-likeness (QED) is 0.471. The lowest BCUT2D eigenvalue weighted by molar-refractivity contribution is -0.384. The zero-order valence-corrected chi connectivity index (χ0v) is 12.0. The maximum Gasteiger partial charge on any atom is 0.338 e. The van der Waals surface area contributed by atoms with Crippen LogP contribution in [0.3, 0.4) is 0 Å². The van der Waals surface area contributed by atoms with Gasteiger partial charge in [0.05, 0.1) is 10.5 Å². The standard InChI is InChI=1S/C14H18N2O5/c1-3-5-10(2)15-13(17)9-21-14(18)11-6-4-7-12(8-11)16(19)20/h4,6-8,10H,3,5,9H2,1-2H3,(H,15,17)/t10-/m0/s1. The second-order valence-electron chi connectivity index (χ2n) is 4.64. The van der Waals surface area contributed by atoms with Gasteiger partial charge in [0.25, 0.3) is 11.6 Å². The summed E-state index contributed by atoms with van der Waals surface area (Å²) in [7, 11) is 0. The number of nitrogens with zero attached hydrogens (tertiary/aromatic N) is 1. The smallest absolute Gasteiger partial charge is 0.338 e. The first-order valence-corrected chi connectivity index (χ1v) is 6.65. The monoisotopic (exact) mass is 294 g/mol. The Morgan fingerprint density at radius 3 is 2.76 bits per heavy atom. The summed E-state index contributed by atoms with van der Waals surface area (Å²) in [6, 6.07) is 5.18. The highest BCUT2D eigenvalue weighted by molar-refractivity contribution is 5.91. The van der Waals surface area contributed by atoms with Crippen LogP contribution in [-0.2, 0) is 9.53 Å². The molecule has 0 aromatic heterocycles. The fourth-order valence-electron chi connectivity index (χ4n) is 1.78. The predicted octanol–water partition coefficient (Wildman–Crippen LogP) is 2.06. The molecule has 0 heterocycles. The van der Waals surface area contributed by atoms with Gasteiger partial charge in [0.1, 0.15) is 0 Å². The van der Waals surface area contributed by atoms with E-state index in [2.05, 4.69) is 5.32 Å². The van der Waals surface area contributed by atoms with Crippen molar-refractivity contribution < 1.29 is 19.2 Å². The molecule has 1 atom stereocenters. The number of nitrogens with one attached hydrogen (secondary N) is 1. The molecule has 0 radical (unpaired) electrons. The molecule has 0 aliphatic rings. The molecule has 1 N–H and O–H groups in total. The van der Waals surface area contributed by atoms with Gasteiger partial charge in [0.2, 0.25) is 0 Å². The van der Waals surface area contributed by atoms with Crippen molar-refractivity contribution >= 4 is 17.6 Å². The fraction of sp³-hybridized carbons (Fsp3) is 0.429. The molecule has 0 bridgehead atoms. The third-order valence-corrected chi connectivity index (χ3v) is 2.76. The maximum atomic E-state index is 11.7. The van der Waals surface area contributed by atoms with Crippen molar-refractivity contribution in [1.82, 2.24) is 5.32 Å². The summed E-state index contributed by atoms with van der Waals surface area (Å²) < 4.78 is 4.83. The Morgan fingerprint density at radius 1 is 1.43 bits per heavy atom. The van der Waals surface area contributed by atoms with Crippen LogP contribution in [0.25, 0.3) is 0 Å². The van der Waals surface area contributed by atoms with Crippen LogP contribution in [0, 0.1) is 10.1 Å². The van der Waals surface area contributed by atoms with Crippen molar-refractivity contribution in [2.45, 2.75) is 32.7 Å². The average molecular weight is 294 g/mol. The molecule has 7 nitrogen and oxygen atoms in total. The molecule has 7 heteroatoms. The molecule has 1 amide bonds. The number of rotatable bonds is 7. The third-order valence-electron chi connectivity index (χ3n) is 2.76. The molecule has 0 aliphatic heterocycles. The van der Waals surface area contributed by atoms with Crippen LogP contribution in [0.1, 0.15) is 37.0 Å². The van der Waals surface area contributed by atoms with Crippen LogP contribution in [0.4, 0.5) is 5.69 Å². The van der Waals surface area contributed by atoms with Gasteiger partial charge in [0.15, 0.2) is 6.61 Å². The second kappa shape index (κ2) is 7.98. The Balaban J connectivity index is 2.52. The summed E-state index contributed by atoms with van der Waals surface area (Å²) in [6.07, 6.45) is 1.78. The lowest BCUT2D eigenvalue weighted by Crippen LogP contribution is -2.35. The van der Waals surface area contributed by atoms with Gasteiger partial charge in [-0.15, -0.1) is 0 Å². The highest BCUT2D eigenvalue weighted by Gasteiger charge is 2.14. The van der Waals surface area contributed by atoms with Crippen molar-refractivity contribution in [3.05, 3.63) is 39.9 Å². The highest BCUT2D eigenvalue weighted by Crippen LogP contribution is 2.13. The summed E-state index contributed by atoms with van der Waals surface area (Å²) in [5.41, 5.74) is -0.163. The van der Waals surface area contributed by atoms with Crippen molar-refractivity contribution in [3.8, 4) is 0 Å². The lowest BCUT2D eigenvalue weighted by atomic mass is 10.2. The van der Waals surface area contributed by atoms with E-state index in [4.69, 9.17) is 4.74 Å². The first kappa shape index (κ1) is 16.6. The van der Waals surface area contributed by atoms with E-state index >= 15 is 0 Å². The number of benzene rings is 1. The van der Waals surface area contributed by atoms with E-state index in [0.717, 1.165) is 18.9 Å². The summed E-state index contributed by atoms with van der Waals surface area (Å²) in [5, 5.41) is 13.3. The van der Waals surface area contributed by atoms with Gasteiger partial charge >= 0.3 is 5.97 Å². The Morgan fingerprint density at radius 2 is 2.14 bits per heavy atom. The Hall–Kier alpha value is -2.44. The number of carbonyl (C=O) groups excluding carboxylic acids is 2. The van der Waals surface area contributed by atoms with Crippen LogP contribution in [0.2, 0.25) is 0 Å². The normalized spacial score (nSPS) is 11.5. The summed E-state index contributed by atoms with van der Waals surface area (Å²) in [4.78, 5) is 33.3. The topological polar surface area (TPSA) is 98.5 Å². The van der Waals surface area contributed by atoms with Gasteiger partial charge in [-0.2, -0.15) is 0 Å². The molecule has 0 spiro atoms. The number of non-ortho nitro benzene ring substituents is 1. The molecule has 1 aromatic carbocycles. The van der Waals surface area contributed by atoms with E-state index in [1.54, 1.807) is 0 Å². The Labute approximate surface area is 122 Å². The lowest BCUT2D eigenvalue weighted by Gasteiger charge is -2.12. The van der Waals surface area contributed by atoms with E-state index in [0.29, 0.717) is 0 Å². The number of hydrogen-bond donors (Lipinski definition) is 1. The Bertz CT molecular complexity index is 530. The minimum absolute atomic E-state index is 0.0130. The first-order chi connectivity index (χ1) is 9.93. The molecule has 114 valence electrons. The van der Waals surface area contributed by atoms with Crippen molar-refractivity contribution in [2.24, 2.45) is 0 Å². The number of nitro groups is 1. The summed E-state index contributed by atoms with van der Waals surface area (Å²) >= 11 is 0. The highest BCUT2D eigenvalue weighted by atomic mass is 16.6. The number of ether oxygens (including phenoxy) is 1. The van der Waals surface area contributed by atoms with Crippen LogP contribution >= 0.6 is 0 Å². The molecule has 21 heavy (non-hydrogen) atoms. The van der Waals surface area contributed by atoms with Crippen molar-refractivity contribution in [2.75, 3.05) is 6.61 Å². The first-order valence-electron chi connectivity index (χ1n) is 6.65. The van der Waals surface area contributed by atoms with Crippen LogP contribution in [0.15, 0.2) is 24.3 Å². The van der Waals surface area contributed by atoms with Gasteiger partial charge in [-0.3, -0.25) is 14.9 Å². The number of hydrogen-bond acceptors (Lipinski definition) is 5. The summed E-state index contributed by atoms with van der Waals surface area (Å²) in [6.45, 7) is 3.46. The van der Waals surface area contributed by atoms with Gasteiger partial charge < -0.3 is 10.1 Å². The van der Waals surface area contributed by atoms with E-state index < -0.39 is 23.4 Å². The predicted molar refractivity (Wildman–Crippen MR) is 75.9 cm³/mol. The molecule has 1 rings (SSSR count). The maximum absolute atomic E-state index is 11.7. The van der Waals surface area contributed by atoms with Crippen LogP contribution < -0.4 is 5.32 Å². The number of esters is 1. The molecule has 1 aromatic rings. The van der Waals surface area contributed by atoms with Crippen molar-refractivity contribution in [3.63, 3.8) is 0 Å². The average Bonchev–Trinajstić information content (AvgIpc) is 2.45. The summed E-state index contributed by atoms with van der Waals surface area (Å²) in [5.74, 6) is -1.16. The molecule has 0 saturated heterocycles. The minimum atomic E-state index is -0.767. The van der Waals surface area contributed by atoms with E-state index in [1.165, 1.54) is 18.2 Å². The zero-order chi connectivity index (χ0) is 15.8.